The number of carbonyl (C=O) groups is 2. The topological polar surface area (TPSA) is 49.4 Å². The third kappa shape index (κ3) is 4.54. The second-order valence-electron chi connectivity index (χ2n) is 5.83. The van der Waals surface area contributed by atoms with E-state index in [9.17, 15) is 22.8 Å². The zero-order valence-corrected chi connectivity index (χ0v) is 13.3. The first-order chi connectivity index (χ1) is 10.3. The maximum atomic E-state index is 12.4. The van der Waals surface area contributed by atoms with Crippen molar-refractivity contribution in [1.29, 1.82) is 0 Å². The first-order valence-electron chi connectivity index (χ1n) is 7.56. The molecule has 4 nitrogen and oxygen atoms in total. The van der Waals surface area contributed by atoms with Gasteiger partial charge in [0, 0.05) is 24.3 Å². The molecule has 3 atom stereocenters. The number of nitrogens with one attached hydrogen (secondary N) is 1. The van der Waals surface area contributed by atoms with E-state index in [2.05, 4.69) is 12.2 Å². The first-order valence-corrected chi connectivity index (χ1v) is 8.61. The summed E-state index contributed by atoms with van der Waals surface area (Å²) in [5.41, 5.74) is 0. The molecule has 0 aromatic heterocycles. The predicted molar refractivity (Wildman–Crippen MR) is 78.4 cm³/mol. The van der Waals surface area contributed by atoms with Gasteiger partial charge in [-0.05, 0) is 18.6 Å². The quantitative estimate of drug-likeness (QED) is 0.836. The molecule has 22 heavy (non-hydrogen) atoms. The lowest BCUT2D eigenvalue weighted by Gasteiger charge is -2.22. The van der Waals surface area contributed by atoms with E-state index in [0.29, 0.717) is 5.25 Å². The standard InChI is InChI=1S/C14H21F3N2O2S/c1-2-22-11-5-3-4-10(11)18-13(21)9-6-12(20)19(7-9)8-14(15,16)17/h9-11H,2-8H2,1H3,(H,18,21)/t9-,10+,11+/m0/s1. The molecule has 2 fully saturated rings. The van der Waals surface area contributed by atoms with Crippen molar-refractivity contribution >= 4 is 23.6 Å². The summed E-state index contributed by atoms with van der Waals surface area (Å²) in [7, 11) is 0. The van der Waals surface area contributed by atoms with Crippen molar-refractivity contribution in [2.45, 2.75) is 50.1 Å². The summed E-state index contributed by atoms with van der Waals surface area (Å²) < 4.78 is 37.1. The molecule has 0 radical (unpaired) electrons. The number of hydrogen-bond acceptors (Lipinski definition) is 3. The number of hydrogen-bond donors (Lipinski definition) is 1. The zero-order chi connectivity index (χ0) is 16.3. The molecule has 0 unspecified atom stereocenters. The summed E-state index contributed by atoms with van der Waals surface area (Å²) in [6.45, 7) is 0.655. The Bertz CT molecular complexity index is 431. The highest BCUT2D eigenvalue weighted by Gasteiger charge is 2.41. The van der Waals surface area contributed by atoms with Crippen LogP contribution in [0.3, 0.4) is 0 Å². The van der Waals surface area contributed by atoms with Gasteiger partial charge in [-0.25, -0.2) is 0 Å². The van der Waals surface area contributed by atoms with E-state index in [4.69, 9.17) is 0 Å². The average Bonchev–Trinajstić information content (AvgIpc) is 2.97. The molecule has 0 spiro atoms. The maximum absolute atomic E-state index is 12.4. The monoisotopic (exact) mass is 338 g/mol. The van der Waals surface area contributed by atoms with E-state index < -0.39 is 24.5 Å². The van der Waals surface area contributed by atoms with Crippen molar-refractivity contribution < 1.29 is 22.8 Å². The van der Waals surface area contributed by atoms with Crippen molar-refractivity contribution in [1.82, 2.24) is 10.2 Å². The molecule has 1 aliphatic carbocycles. The van der Waals surface area contributed by atoms with Crippen molar-refractivity contribution in [3.63, 3.8) is 0 Å². The van der Waals surface area contributed by atoms with Crippen molar-refractivity contribution in [3.8, 4) is 0 Å². The lowest BCUT2D eigenvalue weighted by atomic mass is 10.1. The molecular formula is C14H21F3N2O2S. The second-order valence-corrected chi connectivity index (χ2v) is 7.35. The Morgan fingerprint density at radius 1 is 1.41 bits per heavy atom. The van der Waals surface area contributed by atoms with Crippen LogP contribution in [0.25, 0.3) is 0 Å². The summed E-state index contributed by atoms with van der Waals surface area (Å²) >= 11 is 1.80. The summed E-state index contributed by atoms with van der Waals surface area (Å²) in [4.78, 5) is 24.6. The van der Waals surface area contributed by atoms with Gasteiger partial charge in [0.25, 0.3) is 0 Å². The molecule has 1 N–H and O–H groups in total. The van der Waals surface area contributed by atoms with Crippen LogP contribution in [0, 0.1) is 5.92 Å². The Kier molecular flexibility index (Phi) is 5.63. The van der Waals surface area contributed by atoms with Crippen molar-refractivity contribution in [2.75, 3.05) is 18.8 Å². The minimum Gasteiger partial charge on any atom is -0.352 e. The van der Waals surface area contributed by atoms with Crippen LogP contribution in [0.5, 0.6) is 0 Å². The molecule has 2 amide bonds. The molecule has 1 heterocycles. The van der Waals surface area contributed by atoms with Crippen LogP contribution >= 0.6 is 11.8 Å². The Balaban J connectivity index is 1.87. The molecule has 1 saturated heterocycles. The van der Waals surface area contributed by atoms with Crippen molar-refractivity contribution in [2.24, 2.45) is 5.92 Å². The normalized spacial score (nSPS) is 29.2. The van der Waals surface area contributed by atoms with Gasteiger partial charge in [-0.2, -0.15) is 24.9 Å². The molecule has 1 saturated carbocycles. The summed E-state index contributed by atoms with van der Waals surface area (Å²) in [5, 5.41) is 3.31. The third-order valence-electron chi connectivity index (χ3n) is 4.12. The Labute approximate surface area is 132 Å². The van der Waals surface area contributed by atoms with Crippen LogP contribution < -0.4 is 5.32 Å². The molecule has 2 aliphatic rings. The van der Waals surface area contributed by atoms with Gasteiger partial charge in [0.2, 0.25) is 11.8 Å². The van der Waals surface area contributed by atoms with Gasteiger partial charge < -0.3 is 10.2 Å². The number of alkyl halides is 3. The van der Waals surface area contributed by atoms with Crippen LogP contribution in [0.1, 0.15) is 32.6 Å². The summed E-state index contributed by atoms with van der Waals surface area (Å²) in [6, 6.07) is 0.0734. The molecule has 126 valence electrons. The van der Waals surface area contributed by atoms with Crippen LogP contribution in [0.15, 0.2) is 0 Å². The molecule has 0 aromatic rings. The van der Waals surface area contributed by atoms with Crippen LogP contribution in [0.2, 0.25) is 0 Å². The van der Waals surface area contributed by atoms with E-state index in [1.165, 1.54) is 0 Å². The first kappa shape index (κ1) is 17.4. The van der Waals surface area contributed by atoms with Gasteiger partial charge in [0.15, 0.2) is 0 Å². The molecule has 2 rings (SSSR count). The number of carbonyl (C=O) groups excluding carboxylic acids is 2. The van der Waals surface area contributed by atoms with E-state index in [1.54, 1.807) is 11.8 Å². The minimum atomic E-state index is -4.42. The van der Waals surface area contributed by atoms with Crippen LogP contribution in [0.4, 0.5) is 13.2 Å². The molecule has 8 heteroatoms. The number of amides is 2. The van der Waals surface area contributed by atoms with E-state index in [-0.39, 0.29) is 24.9 Å². The highest BCUT2D eigenvalue weighted by molar-refractivity contribution is 7.99. The van der Waals surface area contributed by atoms with Gasteiger partial charge in [-0.15, -0.1) is 0 Å². The highest BCUT2D eigenvalue weighted by Crippen LogP contribution is 2.31. The fourth-order valence-corrected chi connectivity index (χ4v) is 4.32. The lowest BCUT2D eigenvalue weighted by Crippen LogP contribution is -2.43. The summed E-state index contributed by atoms with van der Waals surface area (Å²) in [6.07, 6.45) is -1.55. The second kappa shape index (κ2) is 7.10. The Morgan fingerprint density at radius 2 is 2.14 bits per heavy atom. The fraction of sp³-hybridized carbons (Fsp3) is 0.857. The molecule has 0 bridgehead atoms. The number of likely N-dealkylation sites (tertiary alicyclic amines) is 1. The van der Waals surface area contributed by atoms with E-state index in [1.807, 2.05) is 0 Å². The molecular weight excluding hydrogens is 317 g/mol. The summed E-state index contributed by atoms with van der Waals surface area (Å²) in [5.74, 6) is -0.573. The third-order valence-corrected chi connectivity index (χ3v) is 5.44. The van der Waals surface area contributed by atoms with Crippen LogP contribution in [-0.4, -0.2) is 53.0 Å². The largest absolute Gasteiger partial charge is 0.406 e. The average molecular weight is 338 g/mol. The number of nitrogens with zero attached hydrogens (tertiary/aromatic N) is 1. The minimum absolute atomic E-state index is 0.0734. The van der Waals surface area contributed by atoms with E-state index in [0.717, 1.165) is 29.9 Å². The van der Waals surface area contributed by atoms with Gasteiger partial charge in [-0.3, -0.25) is 9.59 Å². The van der Waals surface area contributed by atoms with Gasteiger partial charge in [-0.1, -0.05) is 13.3 Å². The number of halogens is 3. The molecule has 1 aliphatic heterocycles. The van der Waals surface area contributed by atoms with Crippen LogP contribution in [-0.2, 0) is 9.59 Å². The van der Waals surface area contributed by atoms with Crippen molar-refractivity contribution in [3.05, 3.63) is 0 Å². The lowest BCUT2D eigenvalue weighted by molar-refractivity contribution is -0.157. The smallest absolute Gasteiger partial charge is 0.352 e. The molecule has 0 aromatic carbocycles. The number of rotatable bonds is 5. The highest BCUT2D eigenvalue weighted by atomic mass is 32.2. The Hall–Kier alpha value is -0.920. The van der Waals surface area contributed by atoms with Gasteiger partial charge in [0.1, 0.15) is 6.54 Å². The van der Waals surface area contributed by atoms with E-state index >= 15 is 0 Å². The van der Waals surface area contributed by atoms with Gasteiger partial charge in [0.05, 0.1) is 5.92 Å². The van der Waals surface area contributed by atoms with Gasteiger partial charge >= 0.3 is 6.18 Å². The SMILES string of the molecule is CCS[C@@H]1CCC[C@H]1NC(=O)[C@H]1CC(=O)N(CC(F)(F)F)C1. The Morgan fingerprint density at radius 3 is 2.77 bits per heavy atom. The fourth-order valence-electron chi connectivity index (χ4n) is 3.12. The number of thioether (sulfide) groups is 1. The maximum Gasteiger partial charge on any atom is 0.406 e. The predicted octanol–water partition coefficient (Wildman–Crippen LogP) is 2.19. The zero-order valence-electron chi connectivity index (χ0n) is 12.5.